The number of amides is 1. The number of nitrogens with two attached hydrogens (primary N) is 1. The molecule has 0 aliphatic rings. The lowest BCUT2D eigenvalue weighted by Crippen LogP contribution is -2.39. The van der Waals surface area contributed by atoms with Gasteiger partial charge >= 0.3 is 0 Å². The summed E-state index contributed by atoms with van der Waals surface area (Å²) in [6, 6.07) is 0.0207. The lowest BCUT2D eigenvalue weighted by atomic mass is 10.1. The molecule has 0 rings (SSSR count). The van der Waals surface area contributed by atoms with Crippen molar-refractivity contribution in [2.75, 3.05) is 11.5 Å². The topological polar surface area (TPSA) is 67.1 Å². The Labute approximate surface area is 194 Å². The summed E-state index contributed by atoms with van der Waals surface area (Å²) >= 11 is 1.86. The van der Waals surface area contributed by atoms with E-state index < -0.39 is 0 Å². The molecule has 0 spiro atoms. The van der Waals surface area contributed by atoms with Crippen LogP contribution in [0.5, 0.6) is 0 Å². The molecular formula is C26H43N3OS. The Morgan fingerprint density at radius 1 is 1.06 bits per heavy atom. The van der Waals surface area contributed by atoms with Gasteiger partial charge in [-0.25, -0.2) is 0 Å². The van der Waals surface area contributed by atoms with Crippen molar-refractivity contribution in [1.82, 2.24) is 10.6 Å². The zero-order valence-electron chi connectivity index (χ0n) is 19.8. The molecule has 2 unspecified atom stereocenters. The molecule has 2 atom stereocenters. The van der Waals surface area contributed by atoms with Crippen molar-refractivity contribution in [1.29, 1.82) is 0 Å². The molecule has 1 amide bonds. The minimum absolute atomic E-state index is 0.0883. The second kappa shape index (κ2) is 18.6. The Morgan fingerprint density at radius 3 is 2.39 bits per heavy atom. The van der Waals surface area contributed by atoms with Crippen LogP contribution in [0.15, 0.2) is 73.2 Å². The van der Waals surface area contributed by atoms with E-state index in [1.54, 1.807) is 6.20 Å². The van der Waals surface area contributed by atoms with Crippen LogP contribution < -0.4 is 16.4 Å². The lowest BCUT2D eigenvalue weighted by Gasteiger charge is -2.24. The zero-order chi connectivity index (χ0) is 23.5. The Kier molecular flexibility index (Phi) is 17.3. The van der Waals surface area contributed by atoms with E-state index in [0.717, 1.165) is 42.9 Å². The zero-order valence-corrected chi connectivity index (χ0v) is 20.6. The maximum atomic E-state index is 11.1. The van der Waals surface area contributed by atoms with Crippen LogP contribution in [-0.2, 0) is 4.79 Å². The molecule has 0 aromatic heterocycles. The van der Waals surface area contributed by atoms with Crippen LogP contribution in [-0.4, -0.2) is 29.5 Å². The standard InChI is InChI=1S/C26H43N3OS/c1-7-24(29-23(6)25(28-8-2)16-17-26(27)30)20-31-19-18-22(5)15-13-11-9-10-12-14-21(3)4/h7-9,11,14,18,24-25,28-29H,1-2,6,10,12-13,15-17,19-20H2,3-5H3,(H2,27,30)/b11-9+,22-18+. The van der Waals surface area contributed by atoms with Crippen molar-refractivity contribution in [3.05, 3.63) is 73.2 Å². The number of allylic oxidation sites excluding steroid dienone is 5. The fourth-order valence-corrected chi connectivity index (χ4v) is 3.82. The maximum absolute atomic E-state index is 11.1. The highest BCUT2D eigenvalue weighted by molar-refractivity contribution is 7.99. The van der Waals surface area contributed by atoms with E-state index in [2.05, 4.69) is 75.4 Å². The van der Waals surface area contributed by atoms with Crippen LogP contribution in [0, 0.1) is 0 Å². The largest absolute Gasteiger partial charge is 0.383 e. The van der Waals surface area contributed by atoms with Crippen molar-refractivity contribution < 1.29 is 4.79 Å². The van der Waals surface area contributed by atoms with Gasteiger partial charge in [0.15, 0.2) is 0 Å². The van der Waals surface area contributed by atoms with Gasteiger partial charge in [0.2, 0.25) is 5.91 Å². The normalized spacial score (nSPS) is 13.3. The number of rotatable bonds is 19. The van der Waals surface area contributed by atoms with Gasteiger partial charge in [-0.15, -0.1) is 6.58 Å². The molecule has 0 aliphatic carbocycles. The first kappa shape index (κ1) is 28.9. The van der Waals surface area contributed by atoms with E-state index >= 15 is 0 Å². The van der Waals surface area contributed by atoms with E-state index in [9.17, 15) is 4.79 Å². The van der Waals surface area contributed by atoms with Gasteiger partial charge in [0.25, 0.3) is 0 Å². The fraction of sp³-hybridized carbons (Fsp3) is 0.500. The van der Waals surface area contributed by atoms with E-state index in [1.165, 1.54) is 11.1 Å². The average Bonchev–Trinajstić information content (AvgIpc) is 2.71. The lowest BCUT2D eigenvalue weighted by molar-refractivity contribution is -0.118. The predicted molar refractivity (Wildman–Crippen MR) is 140 cm³/mol. The van der Waals surface area contributed by atoms with Crippen molar-refractivity contribution in [3.8, 4) is 0 Å². The minimum Gasteiger partial charge on any atom is -0.383 e. The fourth-order valence-electron chi connectivity index (χ4n) is 2.81. The molecule has 31 heavy (non-hydrogen) atoms. The number of primary amides is 1. The maximum Gasteiger partial charge on any atom is 0.217 e. The quantitative estimate of drug-likeness (QED) is 0.174. The van der Waals surface area contributed by atoms with Gasteiger partial charge < -0.3 is 16.4 Å². The molecule has 0 aromatic carbocycles. The van der Waals surface area contributed by atoms with Crippen LogP contribution in [0.3, 0.4) is 0 Å². The summed E-state index contributed by atoms with van der Waals surface area (Å²) in [5.41, 5.74) is 8.89. The second-order valence-corrected chi connectivity index (χ2v) is 8.97. The first-order valence-corrected chi connectivity index (χ1v) is 12.2. The van der Waals surface area contributed by atoms with Crippen molar-refractivity contribution in [2.24, 2.45) is 5.73 Å². The van der Waals surface area contributed by atoms with Crippen molar-refractivity contribution in [2.45, 2.75) is 71.4 Å². The third kappa shape index (κ3) is 17.3. The second-order valence-electron chi connectivity index (χ2n) is 7.90. The number of carbonyl (C=O) groups is 1. The van der Waals surface area contributed by atoms with Gasteiger partial charge in [-0.1, -0.05) is 54.7 Å². The summed E-state index contributed by atoms with van der Waals surface area (Å²) in [5.74, 6) is 1.55. The van der Waals surface area contributed by atoms with E-state index in [-0.39, 0.29) is 18.0 Å². The third-order valence-corrected chi connectivity index (χ3v) is 5.68. The van der Waals surface area contributed by atoms with E-state index in [1.807, 2.05) is 17.8 Å². The highest BCUT2D eigenvalue weighted by atomic mass is 32.2. The highest BCUT2D eigenvalue weighted by Gasteiger charge is 2.14. The molecule has 0 bridgehead atoms. The summed E-state index contributed by atoms with van der Waals surface area (Å²) in [7, 11) is 0. The van der Waals surface area contributed by atoms with Gasteiger partial charge in [-0.3, -0.25) is 4.79 Å². The molecule has 0 saturated heterocycles. The smallest absolute Gasteiger partial charge is 0.217 e. The van der Waals surface area contributed by atoms with Crippen molar-refractivity contribution >= 4 is 17.7 Å². The molecule has 4 N–H and O–H groups in total. The van der Waals surface area contributed by atoms with Gasteiger partial charge in [0.1, 0.15) is 0 Å². The molecule has 5 heteroatoms. The number of unbranched alkanes of at least 4 members (excludes halogenated alkanes) is 1. The number of hydrogen-bond donors (Lipinski definition) is 3. The summed E-state index contributed by atoms with van der Waals surface area (Å²) in [4.78, 5) is 11.1. The first-order valence-electron chi connectivity index (χ1n) is 11.0. The van der Waals surface area contributed by atoms with E-state index in [0.29, 0.717) is 12.8 Å². The highest BCUT2D eigenvalue weighted by Crippen LogP contribution is 2.12. The Hall–Kier alpha value is -2.14. The van der Waals surface area contributed by atoms with Gasteiger partial charge in [-0.05, 0) is 59.1 Å². The molecule has 0 saturated carbocycles. The summed E-state index contributed by atoms with van der Waals surface area (Å²) < 4.78 is 0. The Balaban J connectivity index is 4.24. The minimum atomic E-state index is -0.319. The Morgan fingerprint density at radius 2 is 1.77 bits per heavy atom. The predicted octanol–water partition coefficient (Wildman–Crippen LogP) is 5.77. The number of carbonyl (C=O) groups excluding carboxylic acids is 1. The monoisotopic (exact) mass is 445 g/mol. The van der Waals surface area contributed by atoms with Gasteiger partial charge in [0.05, 0.1) is 12.1 Å². The summed E-state index contributed by atoms with van der Waals surface area (Å²) in [5, 5.41) is 6.52. The molecule has 174 valence electrons. The van der Waals surface area contributed by atoms with E-state index in [4.69, 9.17) is 5.73 Å². The van der Waals surface area contributed by atoms with Crippen LogP contribution in [0.25, 0.3) is 0 Å². The SMILES string of the molecule is C=CNC(CCC(N)=O)C(=C)NC(C=C)CSC/C=C(\C)CC/C=C/CCC=C(C)C. The average molecular weight is 446 g/mol. The summed E-state index contributed by atoms with van der Waals surface area (Å²) in [6.45, 7) is 18.2. The van der Waals surface area contributed by atoms with Crippen LogP contribution in [0.4, 0.5) is 0 Å². The number of hydrogen-bond acceptors (Lipinski definition) is 4. The van der Waals surface area contributed by atoms with Crippen molar-refractivity contribution in [3.63, 3.8) is 0 Å². The molecule has 0 radical (unpaired) electrons. The third-order valence-electron chi connectivity index (χ3n) is 4.68. The summed E-state index contributed by atoms with van der Waals surface area (Å²) in [6.07, 6.45) is 18.0. The Bertz CT molecular complexity index is 645. The van der Waals surface area contributed by atoms with Gasteiger partial charge in [0, 0.05) is 23.6 Å². The molecule has 4 nitrogen and oxygen atoms in total. The van der Waals surface area contributed by atoms with Gasteiger partial charge in [-0.2, -0.15) is 11.8 Å². The molecule has 0 aromatic rings. The number of nitrogens with one attached hydrogen (secondary N) is 2. The van der Waals surface area contributed by atoms with Crippen LogP contribution in [0.1, 0.15) is 59.3 Å². The molecule has 0 heterocycles. The first-order chi connectivity index (χ1) is 14.8. The van der Waals surface area contributed by atoms with Crippen LogP contribution >= 0.6 is 11.8 Å². The molecule has 0 fully saturated rings. The molecular weight excluding hydrogens is 402 g/mol. The number of thioether (sulfide) groups is 1. The van der Waals surface area contributed by atoms with Crippen LogP contribution in [0.2, 0.25) is 0 Å². The molecule has 0 aliphatic heterocycles.